The van der Waals surface area contributed by atoms with Crippen molar-refractivity contribution in [1.29, 1.82) is 0 Å². The largest absolute Gasteiger partial charge is 0.407 e. The quantitative estimate of drug-likeness (QED) is 0.869. The van der Waals surface area contributed by atoms with Gasteiger partial charge in [-0.1, -0.05) is 35.4 Å². The molecule has 0 aliphatic carbocycles. The molecule has 1 saturated heterocycles. The molecule has 1 aliphatic rings. The third-order valence-electron chi connectivity index (χ3n) is 4.29. The molecule has 3 rings (SSSR count). The van der Waals surface area contributed by atoms with Crippen molar-refractivity contribution in [3.63, 3.8) is 0 Å². The second-order valence-corrected chi connectivity index (χ2v) is 6.19. The summed E-state index contributed by atoms with van der Waals surface area (Å²) in [6.45, 7) is 2.94. The van der Waals surface area contributed by atoms with Gasteiger partial charge in [0.2, 0.25) is 5.89 Å². The second kappa shape index (κ2) is 6.92. The zero-order valence-corrected chi connectivity index (χ0v) is 13.4. The van der Waals surface area contributed by atoms with Crippen molar-refractivity contribution >= 4 is 6.01 Å². The van der Waals surface area contributed by atoms with E-state index in [0.717, 1.165) is 19.6 Å². The summed E-state index contributed by atoms with van der Waals surface area (Å²) >= 11 is 0. The summed E-state index contributed by atoms with van der Waals surface area (Å²) in [5.41, 5.74) is 1.47. The minimum absolute atomic E-state index is 0.576. The molecule has 2 heterocycles. The summed E-state index contributed by atoms with van der Waals surface area (Å²) < 4.78 is 5.66. The molecule has 118 valence electrons. The highest BCUT2D eigenvalue weighted by atomic mass is 16.4. The van der Waals surface area contributed by atoms with E-state index < -0.39 is 0 Å². The van der Waals surface area contributed by atoms with Gasteiger partial charge < -0.3 is 9.32 Å². The lowest BCUT2D eigenvalue weighted by Crippen LogP contribution is -2.24. The van der Waals surface area contributed by atoms with E-state index in [-0.39, 0.29) is 0 Å². The van der Waals surface area contributed by atoms with Crippen LogP contribution >= 0.6 is 0 Å². The Hall–Kier alpha value is -1.88. The van der Waals surface area contributed by atoms with E-state index in [4.69, 9.17) is 4.42 Å². The van der Waals surface area contributed by atoms with Crippen molar-refractivity contribution in [1.82, 2.24) is 15.1 Å². The summed E-state index contributed by atoms with van der Waals surface area (Å²) in [5.74, 6) is 1.38. The van der Waals surface area contributed by atoms with Crippen molar-refractivity contribution in [3.05, 3.63) is 41.8 Å². The molecule has 0 amide bonds. The van der Waals surface area contributed by atoms with Gasteiger partial charge in [-0.3, -0.25) is 4.90 Å². The molecular formula is C17H24N4O. The first-order valence-corrected chi connectivity index (χ1v) is 7.99. The van der Waals surface area contributed by atoms with Gasteiger partial charge in [-0.2, -0.15) is 0 Å². The average molecular weight is 300 g/mol. The van der Waals surface area contributed by atoms with Crippen LogP contribution in [0.4, 0.5) is 6.01 Å². The number of benzene rings is 1. The van der Waals surface area contributed by atoms with E-state index >= 15 is 0 Å². The molecule has 0 saturated carbocycles. The first kappa shape index (κ1) is 15.0. The van der Waals surface area contributed by atoms with Crippen molar-refractivity contribution < 1.29 is 4.42 Å². The number of rotatable bonds is 4. The first-order chi connectivity index (χ1) is 10.7. The third kappa shape index (κ3) is 3.65. The molecule has 1 aromatic carbocycles. The van der Waals surface area contributed by atoms with Crippen molar-refractivity contribution in [2.24, 2.45) is 0 Å². The van der Waals surface area contributed by atoms with Gasteiger partial charge in [0.05, 0.1) is 6.54 Å². The molecule has 0 radical (unpaired) electrons. The molecule has 5 nitrogen and oxygen atoms in total. The Labute approximate surface area is 131 Å². The fourth-order valence-electron chi connectivity index (χ4n) is 3.05. The number of hydrogen-bond donors (Lipinski definition) is 0. The van der Waals surface area contributed by atoms with Crippen molar-refractivity contribution in [3.8, 4) is 0 Å². The third-order valence-corrected chi connectivity index (χ3v) is 4.29. The maximum absolute atomic E-state index is 5.66. The highest BCUT2D eigenvalue weighted by Crippen LogP contribution is 2.28. The van der Waals surface area contributed by atoms with Crippen molar-refractivity contribution in [2.75, 3.05) is 32.1 Å². The Morgan fingerprint density at radius 3 is 2.68 bits per heavy atom. The molecular weight excluding hydrogens is 276 g/mol. The van der Waals surface area contributed by atoms with E-state index in [9.17, 15) is 0 Å². The first-order valence-electron chi connectivity index (χ1n) is 7.99. The highest BCUT2D eigenvalue weighted by molar-refractivity contribution is 5.20. The molecule has 2 aromatic rings. The van der Waals surface area contributed by atoms with Gasteiger partial charge in [-0.15, -0.1) is 5.10 Å². The summed E-state index contributed by atoms with van der Waals surface area (Å²) in [5, 5.41) is 8.19. The number of likely N-dealkylation sites (tertiary alicyclic amines) is 1. The Morgan fingerprint density at radius 2 is 1.95 bits per heavy atom. The van der Waals surface area contributed by atoms with Crippen LogP contribution in [0.15, 0.2) is 34.7 Å². The van der Waals surface area contributed by atoms with Gasteiger partial charge in [0.15, 0.2) is 0 Å². The van der Waals surface area contributed by atoms with E-state index in [0.29, 0.717) is 17.8 Å². The van der Waals surface area contributed by atoms with Gasteiger partial charge in [0, 0.05) is 14.1 Å². The summed E-state index contributed by atoms with van der Waals surface area (Å²) in [6.07, 6.45) is 3.67. The molecule has 1 aliphatic heterocycles. The molecule has 1 atom stereocenters. The fourth-order valence-corrected chi connectivity index (χ4v) is 3.05. The lowest BCUT2D eigenvalue weighted by Gasteiger charge is -2.18. The van der Waals surface area contributed by atoms with Gasteiger partial charge >= 0.3 is 6.01 Å². The van der Waals surface area contributed by atoms with E-state index in [1.165, 1.54) is 24.8 Å². The minimum atomic E-state index is 0.576. The number of hydrogen-bond acceptors (Lipinski definition) is 5. The zero-order valence-electron chi connectivity index (χ0n) is 13.4. The fraction of sp³-hybridized carbons (Fsp3) is 0.529. The van der Waals surface area contributed by atoms with Crippen LogP contribution < -0.4 is 4.90 Å². The summed E-state index contributed by atoms with van der Waals surface area (Å²) in [7, 11) is 3.82. The molecule has 0 bridgehead atoms. The van der Waals surface area contributed by atoms with Crippen LogP contribution in [0.1, 0.15) is 36.6 Å². The van der Waals surface area contributed by atoms with Crippen LogP contribution in [0.2, 0.25) is 0 Å². The van der Waals surface area contributed by atoms with Gasteiger partial charge in [0.25, 0.3) is 0 Å². The Balaban J connectivity index is 1.58. The number of aromatic nitrogens is 2. The standard InChI is InChI=1S/C17H24N4O/c1-20(2)17-19-18-16(22-17)13-21-11-6-9-15(10-12-21)14-7-4-3-5-8-14/h3-5,7-8,15H,6,9-13H2,1-2H3/t15-/m0/s1. The molecule has 1 fully saturated rings. The van der Waals surface area contributed by atoms with Crippen LogP contribution in [0.25, 0.3) is 0 Å². The maximum atomic E-state index is 5.66. The van der Waals surface area contributed by atoms with Crippen LogP contribution in [0.3, 0.4) is 0 Å². The molecule has 5 heteroatoms. The second-order valence-electron chi connectivity index (χ2n) is 6.19. The molecule has 1 aromatic heterocycles. The Bertz CT molecular complexity index is 581. The van der Waals surface area contributed by atoms with Gasteiger partial charge in [-0.25, -0.2) is 0 Å². The highest BCUT2D eigenvalue weighted by Gasteiger charge is 2.20. The summed E-state index contributed by atoms with van der Waals surface area (Å²) in [6, 6.07) is 11.4. The predicted octanol–water partition coefficient (Wildman–Crippen LogP) is 2.91. The lowest BCUT2D eigenvalue weighted by molar-refractivity contribution is 0.247. The van der Waals surface area contributed by atoms with Crippen LogP contribution in [0, 0.1) is 0 Å². The molecule has 0 spiro atoms. The molecule has 0 unspecified atom stereocenters. The van der Waals surface area contributed by atoms with E-state index in [1.54, 1.807) is 0 Å². The van der Waals surface area contributed by atoms with Crippen LogP contribution in [-0.4, -0.2) is 42.3 Å². The maximum Gasteiger partial charge on any atom is 0.317 e. The molecule has 0 N–H and O–H groups in total. The van der Waals surface area contributed by atoms with E-state index in [1.807, 2.05) is 19.0 Å². The van der Waals surface area contributed by atoms with Gasteiger partial charge in [0.1, 0.15) is 0 Å². The van der Waals surface area contributed by atoms with Crippen LogP contribution in [-0.2, 0) is 6.54 Å². The monoisotopic (exact) mass is 300 g/mol. The topological polar surface area (TPSA) is 45.4 Å². The van der Waals surface area contributed by atoms with Crippen LogP contribution in [0.5, 0.6) is 0 Å². The zero-order chi connectivity index (χ0) is 15.4. The summed E-state index contributed by atoms with van der Waals surface area (Å²) in [4.78, 5) is 4.26. The lowest BCUT2D eigenvalue weighted by atomic mass is 9.92. The SMILES string of the molecule is CN(C)c1nnc(CN2CCC[C@H](c3ccccc3)CC2)o1. The predicted molar refractivity (Wildman–Crippen MR) is 86.9 cm³/mol. The average Bonchev–Trinajstić information content (AvgIpc) is 2.87. The molecule has 22 heavy (non-hydrogen) atoms. The minimum Gasteiger partial charge on any atom is -0.407 e. The van der Waals surface area contributed by atoms with Gasteiger partial charge in [-0.05, 0) is 43.8 Å². The Kier molecular flexibility index (Phi) is 4.73. The normalized spacial score (nSPS) is 19.8. The smallest absolute Gasteiger partial charge is 0.317 e. The Morgan fingerprint density at radius 1 is 1.14 bits per heavy atom. The number of nitrogens with zero attached hydrogens (tertiary/aromatic N) is 4. The number of anilines is 1. The van der Waals surface area contributed by atoms with Crippen molar-refractivity contribution in [2.45, 2.75) is 31.7 Å². The van der Waals surface area contributed by atoms with E-state index in [2.05, 4.69) is 45.4 Å².